The van der Waals surface area contributed by atoms with Crippen molar-refractivity contribution in [3.05, 3.63) is 35.9 Å². The van der Waals surface area contributed by atoms with Gasteiger partial charge in [0.1, 0.15) is 12.1 Å². The highest BCUT2D eigenvalue weighted by Gasteiger charge is 2.44. The van der Waals surface area contributed by atoms with Crippen molar-refractivity contribution in [2.45, 2.75) is 51.2 Å². The largest absolute Gasteiger partial charge is 0.332 e. The molecule has 1 unspecified atom stereocenters. The lowest BCUT2D eigenvalue weighted by atomic mass is 9.94. The Kier molecular flexibility index (Phi) is 5.38. The zero-order valence-corrected chi connectivity index (χ0v) is 13.9. The highest BCUT2D eigenvalue weighted by Crippen LogP contribution is 2.32. The van der Waals surface area contributed by atoms with E-state index >= 15 is 0 Å². The second-order valence-corrected chi connectivity index (χ2v) is 5.92. The van der Waals surface area contributed by atoms with Gasteiger partial charge >= 0.3 is 0 Å². The minimum atomic E-state index is -0.562. The summed E-state index contributed by atoms with van der Waals surface area (Å²) >= 11 is 0. The molecule has 0 aromatic heterocycles. The van der Waals surface area contributed by atoms with Gasteiger partial charge in [0.05, 0.1) is 12.1 Å². The molecule has 1 aromatic carbocycles. The van der Waals surface area contributed by atoms with Crippen LogP contribution in [-0.4, -0.2) is 40.7 Å². The monoisotopic (exact) mass is 313 g/mol. The smallest absolute Gasteiger partial charge is 0.246 e. The molecule has 1 heterocycles. The molecule has 0 bridgehead atoms. The fourth-order valence-electron chi connectivity index (χ4n) is 3.18. The van der Waals surface area contributed by atoms with Gasteiger partial charge in [-0.15, -0.1) is 0 Å². The average molecular weight is 313 g/mol. The second-order valence-electron chi connectivity index (χ2n) is 5.92. The van der Waals surface area contributed by atoms with Crippen LogP contribution in [0.5, 0.6) is 0 Å². The van der Waals surface area contributed by atoms with E-state index in [1.807, 2.05) is 37.3 Å². The summed E-state index contributed by atoms with van der Waals surface area (Å²) in [5.74, 6) is -0.132. The lowest BCUT2D eigenvalue weighted by Gasteiger charge is -2.46. The third-order valence-corrected chi connectivity index (χ3v) is 4.60. The van der Waals surface area contributed by atoms with Crippen molar-refractivity contribution in [2.75, 3.05) is 7.05 Å². The molecule has 1 aliphatic heterocycles. The molecule has 0 aliphatic carbocycles. The first-order valence-electron chi connectivity index (χ1n) is 8.03. The molecule has 0 N–H and O–H groups in total. The van der Waals surface area contributed by atoms with Crippen molar-refractivity contribution < 1.29 is 9.59 Å². The van der Waals surface area contributed by atoms with Gasteiger partial charge in [-0.2, -0.15) is 5.26 Å². The van der Waals surface area contributed by atoms with Crippen molar-refractivity contribution in [3.63, 3.8) is 0 Å². The van der Waals surface area contributed by atoms with Crippen LogP contribution in [0.4, 0.5) is 0 Å². The lowest BCUT2D eigenvalue weighted by Crippen LogP contribution is -2.63. The first-order chi connectivity index (χ1) is 11.0. The summed E-state index contributed by atoms with van der Waals surface area (Å²) in [4.78, 5) is 28.8. The molecule has 1 aliphatic rings. The predicted octanol–water partition coefficient (Wildman–Crippen LogP) is 2.50. The number of carbonyl (C=O) groups is 2. The van der Waals surface area contributed by atoms with Gasteiger partial charge in [0.2, 0.25) is 11.8 Å². The van der Waals surface area contributed by atoms with Crippen molar-refractivity contribution in [1.82, 2.24) is 9.80 Å². The molecule has 122 valence electrons. The summed E-state index contributed by atoms with van der Waals surface area (Å²) in [5, 5.41) is 8.89. The van der Waals surface area contributed by atoms with Gasteiger partial charge in [-0.05, 0) is 25.3 Å². The summed E-state index contributed by atoms with van der Waals surface area (Å²) in [6, 6.07) is 10.7. The molecule has 2 amide bonds. The topological polar surface area (TPSA) is 64.4 Å². The Labute approximate surface area is 137 Å². The molecule has 0 radical (unpaired) electrons. The van der Waals surface area contributed by atoms with Crippen molar-refractivity contribution in [3.8, 4) is 6.07 Å². The molecule has 1 aromatic rings. The van der Waals surface area contributed by atoms with E-state index in [1.165, 1.54) is 4.90 Å². The van der Waals surface area contributed by atoms with E-state index in [-0.39, 0.29) is 24.3 Å². The maximum atomic E-state index is 12.9. The Morgan fingerprint density at radius 3 is 2.43 bits per heavy atom. The van der Waals surface area contributed by atoms with Crippen molar-refractivity contribution in [1.29, 1.82) is 5.26 Å². The molecule has 23 heavy (non-hydrogen) atoms. The van der Waals surface area contributed by atoms with Crippen LogP contribution in [0, 0.1) is 11.3 Å². The molecule has 0 saturated carbocycles. The first-order valence-corrected chi connectivity index (χ1v) is 8.03. The third kappa shape index (κ3) is 3.21. The molecule has 5 heteroatoms. The minimum Gasteiger partial charge on any atom is -0.332 e. The Hall–Kier alpha value is -2.35. The van der Waals surface area contributed by atoms with Gasteiger partial charge in [0, 0.05) is 13.5 Å². The highest BCUT2D eigenvalue weighted by molar-refractivity contribution is 5.96. The number of benzene rings is 1. The van der Waals surface area contributed by atoms with Crippen LogP contribution in [0.3, 0.4) is 0 Å². The maximum absolute atomic E-state index is 12.9. The zero-order chi connectivity index (χ0) is 17.0. The SMILES string of the molecule is CCC(c1ccccc1)N1C(=O)[C@@H](C)N(C)C(=O)[C@@H]1CCC#N. The molecule has 1 saturated heterocycles. The normalized spacial score (nSPS) is 22.9. The summed E-state index contributed by atoms with van der Waals surface area (Å²) in [5.41, 5.74) is 1.02. The number of rotatable bonds is 5. The molecule has 1 fully saturated rings. The number of nitrogens with zero attached hydrogens (tertiary/aromatic N) is 3. The number of piperazine rings is 1. The molecule has 5 nitrogen and oxygen atoms in total. The molecule has 2 rings (SSSR count). The maximum Gasteiger partial charge on any atom is 0.246 e. The summed E-state index contributed by atoms with van der Waals surface area (Å²) < 4.78 is 0. The van der Waals surface area contributed by atoms with Gasteiger partial charge in [-0.25, -0.2) is 0 Å². The zero-order valence-electron chi connectivity index (χ0n) is 13.9. The van der Waals surface area contributed by atoms with Crippen molar-refractivity contribution in [2.24, 2.45) is 0 Å². The van der Waals surface area contributed by atoms with Crippen LogP contribution in [0.25, 0.3) is 0 Å². The van der Waals surface area contributed by atoms with Crippen LogP contribution in [0.2, 0.25) is 0 Å². The van der Waals surface area contributed by atoms with Gasteiger partial charge < -0.3 is 9.80 Å². The van der Waals surface area contributed by atoms with E-state index in [2.05, 4.69) is 6.07 Å². The van der Waals surface area contributed by atoms with Gasteiger partial charge in [-0.1, -0.05) is 37.3 Å². The fraction of sp³-hybridized carbons (Fsp3) is 0.500. The van der Waals surface area contributed by atoms with Gasteiger partial charge in [0.15, 0.2) is 0 Å². The van der Waals surface area contributed by atoms with Crippen LogP contribution < -0.4 is 0 Å². The van der Waals surface area contributed by atoms with E-state index in [0.717, 1.165) is 12.0 Å². The van der Waals surface area contributed by atoms with Crippen LogP contribution in [0.15, 0.2) is 30.3 Å². The van der Waals surface area contributed by atoms with Gasteiger partial charge in [0.25, 0.3) is 0 Å². The Morgan fingerprint density at radius 2 is 1.87 bits per heavy atom. The van der Waals surface area contributed by atoms with E-state index in [0.29, 0.717) is 6.42 Å². The molecular formula is C18H23N3O2. The Morgan fingerprint density at radius 1 is 1.22 bits per heavy atom. The first kappa shape index (κ1) is 17.0. The number of nitriles is 1. The number of hydrogen-bond acceptors (Lipinski definition) is 3. The van der Waals surface area contributed by atoms with E-state index in [9.17, 15) is 9.59 Å². The summed E-state index contributed by atoms with van der Waals surface area (Å²) in [6.07, 6.45) is 1.36. The van der Waals surface area contributed by atoms with E-state index < -0.39 is 12.1 Å². The quantitative estimate of drug-likeness (QED) is 0.839. The highest BCUT2D eigenvalue weighted by atomic mass is 16.2. The van der Waals surface area contributed by atoms with Crippen molar-refractivity contribution >= 4 is 11.8 Å². The number of carbonyl (C=O) groups excluding carboxylic acids is 2. The standard InChI is InChI=1S/C18H23N3O2/c1-4-15(14-9-6-5-7-10-14)21-16(11-8-12-19)18(23)20(3)13(2)17(21)22/h5-7,9-10,13,15-16H,4,8,11H2,1-3H3/t13-,15?,16+/m1/s1. The minimum absolute atomic E-state index is 0.0502. The van der Waals surface area contributed by atoms with E-state index in [4.69, 9.17) is 5.26 Å². The number of amides is 2. The Bertz CT molecular complexity index is 608. The average Bonchev–Trinajstić information content (AvgIpc) is 2.58. The predicted molar refractivity (Wildman–Crippen MR) is 87.2 cm³/mol. The summed E-state index contributed by atoms with van der Waals surface area (Å²) in [7, 11) is 1.66. The molecule has 0 spiro atoms. The second kappa shape index (κ2) is 7.28. The fourth-order valence-corrected chi connectivity index (χ4v) is 3.18. The van der Waals surface area contributed by atoms with Crippen LogP contribution in [0.1, 0.15) is 44.7 Å². The van der Waals surface area contributed by atoms with Gasteiger partial charge in [-0.3, -0.25) is 9.59 Å². The summed E-state index contributed by atoms with van der Waals surface area (Å²) in [6.45, 7) is 3.77. The van der Waals surface area contributed by atoms with Crippen LogP contribution >= 0.6 is 0 Å². The third-order valence-electron chi connectivity index (χ3n) is 4.60. The molecule has 3 atom stereocenters. The van der Waals surface area contributed by atoms with E-state index in [1.54, 1.807) is 18.9 Å². The Balaban J connectivity index is 2.42. The van der Waals surface area contributed by atoms with Crippen LogP contribution in [-0.2, 0) is 9.59 Å². The number of likely N-dealkylation sites (N-methyl/N-ethyl adjacent to an activating group) is 1. The molecular weight excluding hydrogens is 290 g/mol. The number of hydrogen-bond donors (Lipinski definition) is 0. The lowest BCUT2D eigenvalue weighted by molar-refractivity contribution is -0.162.